The third-order valence-corrected chi connectivity index (χ3v) is 6.66. The highest BCUT2D eigenvalue weighted by atomic mass is 31.1. The Kier molecular flexibility index (Phi) is 8.18. The number of hydrogen-bond acceptors (Lipinski definition) is 3. The van der Waals surface area contributed by atoms with Crippen molar-refractivity contribution in [2.75, 3.05) is 0 Å². The highest BCUT2D eigenvalue weighted by Crippen LogP contribution is 2.19. The monoisotopic (exact) mass is 453 g/mol. The van der Waals surface area contributed by atoms with Crippen molar-refractivity contribution in [1.82, 2.24) is 0 Å². The minimum absolute atomic E-state index is 0.429. The van der Waals surface area contributed by atoms with E-state index in [0.717, 1.165) is 27.3 Å². The number of ketones is 2. The van der Waals surface area contributed by atoms with Crippen LogP contribution in [-0.4, -0.2) is 11.6 Å². The summed E-state index contributed by atoms with van der Waals surface area (Å²) in [5, 5.41) is 1.77. The van der Waals surface area contributed by atoms with Gasteiger partial charge in [0.2, 0.25) is 11.6 Å². The molecule has 4 aromatic rings. The van der Waals surface area contributed by atoms with Gasteiger partial charge >= 0.3 is 7.80 Å². The van der Waals surface area contributed by atoms with Crippen molar-refractivity contribution >= 4 is 30.0 Å². The lowest BCUT2D eigenvalue weighted by Gasteiger charge is -2.09. The van der Waals surface area contributed by atoms with Crippen molar-refractivity contribution < 1.29 is 14.2 Å². The second-order valence-electron chi connectivity index (χ2n) is 7.76. The van der Waals surface area contributed by atoms with Gasteiger partial charge in [0.15, 0.2) is 10.6 Å². The highest BCUT2D eigenvalue weighted by Gasteiger charge is 2.22. The molecule has 0 aliphatic carbocycles. The molecule has 0 N–H and O–H groups in total. The Bertz CT molecular complexity index is 1200. The summed E-state index contributed by atoms with van der Waals surface area (Å²) < 4.78 is 12.0. The molecule has 0 saturated carbocycles. The lowest BCUT2D eigenvalue weighted by Crippen LogP contribution is -2.17. The Labute approximate surface area is 195 Å². The summed E-state index contributed by atoms with van der Waals surface area (Å²) in [6.45, 7) is 5.71. The first-order valence-corrected chi connectivity index (χ1v) is 11.9. The van der Waals surface area contributed by atoms with Crippen molar-refractivity contribution in [3.05, 3.63) is 131 Å². The summed E-state index contributed by atoms with van der Waals surface area (Å²) in [6, 6.07) is 31.6. The number of carbonyl (C=O) groups is 2. The molecule has 0 aromatic heterocycles. The zero-order valence-corrected chi connectivity index (χ0v) is 19.9. The van der Waals surface area contributed by atoms with Crippen LogP contribution >= 0.6 is 7.80 Å². The summed E-state index contributed by atoms with van der Waals surface area (Å²) in [5.41, 5.74) is 3.77. The van der Waals surface area contributed by atoms with Gasteiger partial charge in [-0.25, -0.2) is 0 Å². The number of benzene rings is 4. The first-order chi connectivity index (χ1) is 15.9. The van der Waals surface area contributed by atoms with Crippen LogP contribution in [0.2, 0.25) is 0 Å². The smallest absolute Gasteiger partial charge is 0.285 e. The van der Waals surface area contributed by atoms with Crippen molar-refractivity contribution in [3.8, 4) is 0 Å². The van der Waals surface area contributed by atoms with Crippen LogP contribution in [0.4, 0.5) is 0 Å². The summed E-state index contributed by atoms with van der Waals surface area (Å²) in [4.78, 5) is 24.5. The van der Waals surface area contributed by atoms with Crippen LogP contribution in [0.15, 0.2) is 103 Å². The molecule has 0 atom stereocenters. The lowest BCUT2D eigenvalue weighted by molar-refractivity contribution is 0.0816. The Morgan fingerprint density at radius 2 is 0.970 bits per heavy atom. The number of carbonyl (C=O) groups excluding carboxylic acids is 2. The fraction of sp³-hybridized carbons (Fsp3) is 0.103. The average Bonchev–Trinajstić information content (AvgIpc) is 2.84. The zero-order chi connectivity index (χ0) is 23.8. The van der Waals surface area contributed by atoms with Crippen molar-refractivity contribution in [3.63, 3.8) is 0 Å². The van der Waals surface area contributed by atoms with Crippen LogP contribution in [0.1, 0.15) is 37.4 Å². The minimum atomic E-state index is -1.42. The molecule has 3 nitrogen and oxygen atoms in total. The maximum atomic E-state index is 12.3. The molecule has 4 aromatic carbocycles. The van der Waals surface area contributed by atoms with E-state index >= 15 is 0 Å². The van der Waals surface area contributed by atoms with Gasteiger partial charge in [-0.05, 0) is 56.2 Å². The predicted molar refractivity (Wildman–Crippen MR) is 136 cm³/mol. The van der Waals surface area contributed by atoms with Crippen LogP contribution < -0.4 is 10.6 Å². The second kappa shape index (κ2) is 11.3. The zero-order valence-electron chi connectivity index (χ0n) is 19.0. The van der Waals surface area contributed by atoms with E-state index in [1.165, 1.54) is 0 Å². The molecule has 0 saturated heterocycles. The van der Waals surface area contributed by atoms with E-state index in [0.29, 0.717) is 11.1 Å². The molecule has 33 heavy (non-hydrogen) atoms. The van der Waals surface area contributed by atoms with E-state index in [9.17, 15) is 14.2 Å². The number of rotatable bonds is 5. The van der Waals surface area contributed by atoms with Gasteiger partial charge in [-0.1, -0.05) is 89.0 Å². The molecule has 4 heteroatoms. The molecule has 0 fully saturated rings. The summed E-state index contributed by atoms with van der Waals surface area (Å²) in [6.07, 6.45) is 0. The number of hydrogen-bond donors (Lipinski definition) is 0. The fourth-order valence-electron chi connectivity index (χ4n) is 3.65. The summed E-state index contributed by atoms with van der Waals surface area (Å²) in [7, 11) is -1.42. The Morgan fingerprint density at radius 1 is 0.576 bits per heavy atom. The quantitative estimate of drug-likeness (QED) is 0.207. The Morgan fingerprint density at radius 3 is 1.39 bits per heavy atom. The van der Waals surface area contributed by atoms with E-state index in [2.05, 4.69) is 0 Å². The molecule has 0 bridgehead atoms. The fourth-order valence-corrected chi connectivity index (χ4v) is 4.83. The van der Waals surface area contributed by atoms with E-state index in [1.54, 1.807) is 24.3 Å². The van der Waals surface area contributed by atoms with Crippen molar-refractivity contribution in [1.29, 1.82) is 0 Å². The topological polar surface area (TPSA) is 51.2 Å². The molecular formula is C29H26O3P+. The molecule has 0 aliphatic heterocycles. The van der Waals surface area contributed by atoms with Crippen LogP contribution in [0.5, 0.6) is 0 Å². The lowest BCUT2D eigenvalue weighted by atomic mass is 9.93. The van der Waals surface area contributed by atoms with E-state index in [-0.39, 0.29) is 0 Å². The molecule has 0 unspecified atom stereocenters. The summed E-state index contributed by atoms with van der Waals surface area (Å²) in [5.74, 6) is -0.878. The van der Waals surface area contributed by atoms with E-state index in [1.807, 2.05) is 99.6 Å². The standard InChI is InChI=1S/C17H16O2.C12H10OP/c1-11-9-12(2)15(13(3)10-11)17(19)16(18)14-7-5-4-6-8-14;13-14(11-7-3-1-4-8-11)12-9-5-2-6-10-12/h4-10H,1-3H3;1-10H/q;+1. The maximum Gasteiger partial charge on any atom is 0.415 e. The molecule has 164 valence electrons. The van der Waals surface area contributed by atoms with Gasteiger partial charge in [0.25, 0.3) is 0 Å². The molecule has 0 amide bonds. The molecule has 4 rings (SSSR count). The van der Waals surface area contributed by atoms with Crippen LogP contribution in [0.3, 0.4) is 0 Å². The van der Waals surface area contributed by atoms with Gasteiger partial charge in [0.05, 0.1) is 0 Å². The Balaban J connectivity index is 0.000000194. The average molecular weight is 453 g/mol. The predicted octanol–water partition coefficient (Wildman–Crippen LogP) is 6.14. The van der Waals surface area contributed by atoms with E-state index in [4.69, 9.17) is 0 Å². The van der Waals surface area contributed by atoms with Gasteiger partial charge < -0.3 is 0 Å². The number of aryl methyl sites for hydroxylation is 3. The van der Waals surface area contributed by atoms with Gasteiger partial charge in [-0.15, -0.1) is 0 Å². The second-order valence-corrected chi connectivity index (χ2v) is 9.39. The van der Waals surface area contributed by atoms with E-state index < -0.39 is 19.4 Å². The van der Waals surface area contributed by atoms with Crippen molar-refractivity contribution in [2.45, 2.75) is 20.8 Å². The molecule has 0 aliphatic rings. The molecule has 0 radical (unpaired) electrons. The van der Waals surface area contributed by atoms with Gasteiger partial charge in [0.1, 0.15) is 0 Å². The van der Waals surface area contributed by atoms with Gasteiger partial charge in [0, 0.05) is 11.1 Å². The SMILES string of the molecule is Cc1cc(C)c(C(=O)C(=O)c2ccccc2)c(C)c1.O=[P+](c1ccccc1)c1ccccc1. The molecule has 0 heterocycles. The van der Waals surface area contributed by atoms with Crippen LogP contribution in [0, 0.1) is 20.8 Å². The van der Waals surface area contributed by atoms with Gasteiger partial charge in [-0.3, -0.25) is 9.59 Å². The third kappa shape index (κ3) is 6.19. The molecular weight excluding hydrogens is 427 g/mol. The Hall–Kier alpha value is -3.68. The first kappa shape index (κ1) is 24.0. The maximum absolute atomic E-state index is 12.3. The number of Topliss-reactive ketones (excluding diaryl/α,β-unsaturated/α-hetero) is 2. The van der Waals surface area contributed by atoms with Crippen molar-refractivity contribution in [2.24, 2.45) is 0 Å². The first-order valence-electron chi connectivity index (χ1n) is 10.7. The largest absolute Gasteiger partial charge is 0.415 e. The molecule has 0 spiro atoms. The van der Waals surface area contributed by atoms with Crippen LogP contribution in [0.25, 0.3) is 0 Å². The third-order valence-electron chi connectivity index (χ3n) is 5.13. The van der Waals surface area contributed by atoms with Gasteiger partial charge in [-0.2, -0.15) is 0 Å². The highest BCUT2D eigenvalue weighted by molar-refractivity contribution is 7.61. The normalized spacial score (nSPS) is 10.0. The van der Waals surface area contributed by atoms with Crippen LogP contribution in [-0.2, 0) is 4.57 Å². The summed E-state index contributed by atoms with van der Waals surface area (Å²) >= 11 is 0. The minimum Gasteiger partial charge on any atom is -0.285 e.